The lowest BCUT2D eigenvalue weighted by atomic mass is 10.1. The van der Waals surface area contributed by atoms with Crippen LogP contribution in [0.3, 0.4) is 0 Å². The van der Waals surface area contributed by atoms with Gasteiger partial charge < -0.3 is 9.47 Å². The summed E-state index contributed by atoms with van der Waals surface area (Å²) in [6.45, 7) is 1.59. The highest BCUT2D eigenvalue weighted by Gasteiger charge is 2.19. The van der Waals surface area contributed by atoms with Crippen LogP contribution in [0.25, 0.3) is 0 Å². The Morgan fingerprint density at radius 2 is 1.87 bits per heavy atom. The summed E-state index contributed by atoms with van der Waals surface area (Å²) in [5.41, 5.74) is 0.327. The van der Waals surface area contributed by atoms with Gasteiger partial charge in [-0.05, 0) is 37.3 Å². The summed E-state index contributed by atoms with van der Waals surface area (Å²) in [6, 6.07) is 10.5. The molecule has 2 rings (SSSR count). The molecule has 1 atom stereocenters. The van der Waals surface area contributed by atoms with Crippen molar-refractivity contribution in [2.45, 2.75) is 13.0 Å². The number of benzene rings is 2. The number of ketones is 1. The van der Waals surface area contributed by atoms with Gasteiger partial charge >= 0.3 is 0 Å². The first-order valence-electron chi connectivity index (χ1n) is 6.71. The molecule has 0 radical (unpaired) electrons. The van der Waals surface area contributed by atoms with Gasteiger partial charge in [0.1, 0.15) is 11.5 Å². The van der Waals surface area contributed by atoms with E-state index in [1.807, 2.05) is 0 Å². The third-order valence-electron chi connectivity index (χ3n) is 3.17. The van der Waals surface area contributed by atoms with Crippen molar-refractivity contribution < 1.29 is 19.2 Å². The van der Waals surface area contributed by atoms with Crippen molar-refractivity contribution in [3.8, 4) is 11.5 Å². The number of nitro benzene ring substituents is 1. The fourth-order valence-corrected chi connectivity index (χ4v) is 2.15. The summed E-state index contributed by atoms with van der Waals surface area (Å²) in [7, 11) is 1.54. The predicted octanol–water partition coefficient (Wildman–Crippen LogP) is 3.91. The van der Waals surface area contributed by atoms with Crippen LogP contribution in [0, 0.1) is 10.1 Å². The summed E-state index contributed by atoms with van der Waals surface area (Å²) in [6.07, 6.45) is -0.789. The monoisotopic (exact) mass is 335 g/mol. The van der Waals surface area contributed by atoms with Crippen molar-refractivity contribution in [1.82, 2.24) is 0 Å². The maximum atomic E-state index is 12.3. The molecule has 6 nitrogen and oxygen atoms in total. The number of nitro groups is 1. The fraction of sp³-hybridized carbons (Fsp3) is 0.188. The fourth-order valence-electron chi connectivity index (χ4n) is 1.93. The lowest BCUT2D eigenvalue weighted by molar-refractivity contribution is -0.384. The van der Waals surface area contributed by atoms with Gasteiger partial charge in [0.05, 0.1) is 17.1 Å². The Bertz CT molecular complexity index is 730. The SMILES string of the molecule is COc1ccc(C(=O)[C@H](C)Oc2ccc([N+](=O)[O-])cc2Cl)cc1. The molecule has 2 aromatic rings. The molecule has 0 aliphatic heterocycles. The second-order valence-corrected chi connectivity index (χ2v) is 5.13. The van der Waals surface area contributed by atoms with Crippen molar-refractivity contribution in [1.29, 1.82) is 0 Å². The second kappa shape index (κ2) is 7.11. The third-order valence-corrected chi connectivity index (χ3v) is 3.47. The molecule has 0 saturated heterocycles. The summed E-state index contributed by atoms with van der Waals surface area (Å²) in [5.74, 6) is 0.627. The molecule has 0 heterocycles. The molecule has 120 valence electrons. The minimum atomic E-state index is -0.789. The Balaban J connectivity index is 2.12. The van der Waals surface area contributed by atoms with Crippen LogP contribution in [0.5, 0.6) is 11.5 Å². The summed E-state index contributed by atoms with van der Waals surface area (Å²) >= 11 is 5.95. The van der Waals surface area contributed by atoms with E-state index in [9.17, 15) is 14.9 Å². The zero-order valence-electron chi connectivity index (χ0n) is 12.5. The van der Waals surface area contributed by atoms with Crippen LogP contribution < -0.4 is 9.47 Å². The Morgan fingerprint density at radius 3 is 2.39 bits per heavy atom. The van der Waals surface area contributed by atoms with Crippen LogP contribution in [0.1, 0.15) is 17.3 Å². The molecule has 0 saturated carbocycles. The molecular weight excluding hydrogens is 322 g/mol. The van der Waals surface area contributed by atoms with Crippen molar-refractivity contribution in [2.24, 2.45) is 0 Å². The second-order valence-electron chi connectivity index (χ2n) is 4.72. The van der Waals surface area contributed by atoms with Gasteiger partial charge in [-0.2, -0.15) is 0 Å². The quantitative estimate of drug-likeness (QED) is 0.454. The Kier molecular flexibility index (Phi) is 5.18. The van der Waals surface area contributed by atoms with Gasteiger partial charge in [-0.1, -0.05) is 11.6 Å². The van der Waals surface area contributed by atoms with Gasteiger partial charge in [0, 0.05) is 17.7 Å². The van der Waals surface area contributed by atoms with E-state index in [1.165, 1.54) is 18.2 Å². The van der Waals surface area contributed by atoms with Gasteiger partial charge in [-0.25, -0.2) is 0 Å². The molecule has 0 amide bonds. The maximum Gasteiger partial charge on any atom is 0.271 e. The standard InChI is InChI=1S/C16H14ClNO5/c1-10(16(19)11-3-6-13(22-2)7-4-11)23-15-8-5-12(18(20)21)9-14(15)17/h3-10H,1-2H3/t10-/m0/s1. The van der Waals surface area contributed by atoms with Crippen LogP contribution in [0.2, 0.25) is 5.02 Å². The molecular formula is C16H14ClNO5. The van der Waals surface area contributed by atoms with Crippen LogP contribution in [0.4, 0.5) is 5.69 Å². The molecule has 23 heavy (non-hydrogen) atoms. The molecule has 0 bridgehead atoms. The first kappa shape index (κ1) is 16.8. The molecule has 7 heteroatoms. The normalized spacial score (nSPS) is 11.6. The largest absolute Gasteiger partial charge is 0.497 e. The Labute approximate surface area is 137 Å². The lowest BCUT2D eigenvalue weighted by Gasteiger charge is -2.15. The number of Topliss-reactive ketones (excluding diaryl/α,β-unsaturated/α-hetero) is 1. The van der Waals surface area contributed by atoms with Crippen molar-refractivity contribution >= 4 is 23.1 Å². The molecule has 0 fully saturated rings. The van der Waals surface area contributed by atoms with E-state index in [0.717, 1.165) is 0 Å². The first-order valence-corrected chi connectivity index (χ1v) is 7.09. The number of rotatable bonds is 6. The number of hydrogen-bond acceptors (Lipinski definition) is 5. The van der Waals surface area contributed by atoms with E-state index in [-0.39, 0.29) is 22.2 Å². The number of ether oxygens (including phenoxy) is 2. The summed E-state index contributed by atoms with van der Waals surface area (Å²) in [4.78, 5) is 22.4. The number of non-ortho nitro benzene ring substituents is 1. The number of hydrogen-bond donors (Lipinski definition) is 0. The lowest BCUT2D eigenvalue weighted by Crippen LogP contribution is -2.24. The highest BCUT2D eigenvalue weighted by Crippen LogP contribution is 2.29. The number of carbonyl (C=O) groups is 1. The number of methoxy groups -OCH3 is 1. The molecule has 0 aliphatic rings. The minimum Gasteiger partial charge on any atom is -0.497 e. The van der Waals surface area contributed by atoms with E-state index in [1.54, 1.807) is 38.3 Å². The molecule has 0 unspecified atom stereocenters. The maximum absolute atomic E-state index is 12.3. The van der Waals surface area contributed by atoms with Crippen molar-refractivity contribution in [3.05, 3.63) is 63.2 Å². The average Bonchev–Trinajstić information content (AvgIpc) is 2.55. The van der Waals surface area contributed by atoms with Crippen LogP contribution in [-0.2, 0) is 0 Å². The summed E-state index contributed by atoms with van der Waals surface area (Å²) < 4.78 is 10.6. The highest BCUT2D eigenvalue weighted by atomic mass is 35.5. The molecule has 0 N–H and O–H groups in total. The molecule has 0 aliphatic carbocycles. The Morgan fingerprint density at radius 1 is 1.22 bits per heavy atom. The van der Waals surface area contributed by atoms with Crippen molar-refractivity contribution in [2.75, 3.05) is 7.11 Å². The van der Waals surface area contributed by atoms with E-state index in [0.29, 0.717) is 11.3 Å². The van der Waals surface area contributed by atoms with Crippen LogP contribution in [0.15, 0.2) is 42.5 Å². The van der Waals surface area contributed by atoms with Gasteiger partial charge in [0.2, 0.25) is 5.78 Å². The number of carbonyl (C=O) groups excluding carboxylic acids is 1. The van der Waals surface area contributed by atoms with E-state index in [4.69, 9.17) is 21.1 Å². The molecule has 0 aromatic heterocycles. The number of nitrogens with zero attached hydrogens (tertiary/aromatic N) is 1. The molecule has 0 spiro atoms. The van der Waals surface area contributed by atoms with Gasteiger partial charge in [-0.15, -0.1) is 0 Å². The van der Waals surface area contributed by atoms with E-state index in [2.05, 4.69) is 0 Å². The average molecular weight is 336 g/mol. The van der Waals surface area contributed by atoms with E-state index >= 15 is 0 Å². The minimum absolute atomic E-state index is 0.0774. The topological polar surface area (TPSA) is 78.7 Å². The molecule has 2 aromatic carbocycles. The van der Waals surface area contributed by atoms with Gasteiger partial charge in [-0.3, -0.25) is 14.9 Å². The summed E-state index contributed by atoms with van der Waals surface area (Å²) in [5, 5.41) is 10.8. The predicted molar refractivity (Wildman–Crippen MR) is 85.5 cm³/mol. The highest BCUT2D eigenvalue weighted by molar-refractivity contribution is 6.32. The van der Waals surface area contributed by atoms with Crippen molar-refractivity contribution in [3.63, 3.8) is 0 Å². The zero-order chi connectivity index (χ0) is 17.0. The van der Waals surface area contributed by atoms with Gasteiger partial charge in [0.25, 0.3) is 5.69 Å². The third kappa shape index (κ3) is 3.98. The van der Waals surface area contributed by atoms with Crippen LogP contribution >= 0.6 is 11.6 Å². The zero-order valence-corrected chi connectivity index (χ0v) is 13.2. The Hall–Kier alpha value is -2.60. The van der Waals surface area contributed by atoms with Gasteiger partial charge in [0.15, 0.2) is 6.10 Å². The first-order chi connectivity index (χ1) is 10.9. The number of halogens is 1. The van der Waals surface area contributed by atoms with Crippen LogP contribution in [-0.4, -0.2) is 23.9 Å². The van der Waals surface area contributed by atoms with E-state index < -0.39 is 11.0 Å². The smallest absolute Gasteiger partial charge is 0.271 e.